The van der Waals surface area contributed by atoms with Gasteiger partial charge in [0.15, 0.2) is 6.04 Å². The number of carbonyl (C=O) groups is 2. The average molecular weight is 293 g/mol. The molecule has 1 saturated carbocycles. The molecule has 0 radical (unpaired) electrons. The molecule has 1 amide bonds. The lowest BCUT2D eigenvalue weighted by molar-refractivity contribution is -0.142. The van der Waals surface area contributed by atoms with Gasteiger partial charge in [0.05, 0.1) is 6.61 Å². The van der Waals surface area contributed by atoms with Gasteiger partial charge in [-0.25, -0.2) is 9.18 Å². The first-order chi connectivity index (χ1) is 10.1. The lowest BCUT2D eigenvalue weighted by atomic mass is 9.87. The van der Waals surface area contributed by atoms with Gasteiger partial charge in [0.2, 0.25) is 5.91 Å². The van der Waals surface area contributed by atoms with Crippen LogP contribution in [0.5, 0.6) is 5.75 Å². The fourth-order valence-corrected chi connectivity index (χ4v) is 3.14. The number of alkyl halides is 1. The summed E-state index contributed by atoms with van der Waals surface area (Å²) in [5, 5.41) is 11.1. The Morgan fingerprint density at radius 2 is 2.24 bits per heavy atom. The van der Waals surface area contributed by atoms with Crippen LogP contribution in [0.1, 0.15) is 18.4 Å². The molecule has 2 N–H and O–H groups in total. The molecule has 0 bridgehead atoms. The van der Waals surface area contributed by atoms with E-state index in [1.54, 1.807) is 0 Å². The summed E-state index contributed by atoms with van der Waals surface area (Å²) in [6.07, 6.45) is 1.37. The van der Waals surface area contributed by atoms with Gasteiger partial charge in [0.25, 0.3) is 0 Å². The molecule has 2 aliphatic rings. The maximum absolute atomic E-state index is 12.6. The van der Waals surface area contributed by atoms with Gasteiger partial charge in [-0.05, 0) is 18.9 Å². The highest BCUT2D eigenvalue weighted by Crippen LogP contribution is 2.60. The van der Waals surface area contributed by atoms with Crippen molar-refractivity contribution in [1.29, 1.82) is 0 Å². The molecule has 1 aliphatic heterocycles. The van der Waals surface area contributed by atoms with Crippen molar-refractivity contribution >= 4 is 11.9 Å². The van der Waals surface area contributed by atoms with Gasteiger partial charge >= 0.3 is 5.97 Å². The number of carboxylic acids is 1. The highest BCUT2D eigenvalue weighted by molar-refractivity contribution is 5.89. The minimum absolute atomic E-state index is 0.279. The molecule has 3 rings (SSSR count). The second kappa shape index (κ2) is 5.02. The summed E-state index contributed by atoms with van der Waals surface area (Å²) >= 11 is 0. The second-order valence-electron chi connectivity index (χ2n) is 5.56. The predicted octanol–water partition coefficient (Wildman–Crippen LogP) is 1.27. The van der Waals surface area contributed by atoms with Crippen LogP contribution >= 0.6 is 0 Å². The molecule has 0 aromatic heterocycles. The molecule has 1 spiro atoms. The number of fused-ring (bicyclic) bond motifs is 2. The van der Waals surface area contributed by atoms with Gasteiger partial charge in [-0.1, -0.05) is 18.2 Å². The van der Waals surface area contributed by atoms with Gasteiger partial charge < -0.3 is 15.2 Å². The lowest BCUT2D eigenvalue weighted by Crippen LogP contribution is -2.44. The molecule has 21 heavy (non-hydrogen) atoms. The first-order valence-corrected chi connectivity index (χ1v) is 6.90. The van der Waals surface area contributed by atoms with Crippen LogP contribution in [0.25, 0.3) is 0 Å². The lowest BCUT2D eigenvalue weighted by Gasteiger charge is -2.26. The van der Waals surface area contributed by atoms with Crippen LogP contribution in [0.3, 0.4) is 0 Å². The summed E-state index contributed by atoms with van der Waals surface area (Å²) in [4.78, 5) is 23.0. The van der Waals surface area contributed by atoms with Crippen LogP contribution < -0.4 is 10.1 Å². The smallest absolute Gasteiger partial charge is 0.328 e. The summed E-state index contributed by atoms with van der Waals surface area (Å²) in [5.41, 5.74) is 0.710. The van der Waals surface area contributed by atoms with Crippen LogP contribution in [0.2, 0.25) is 0 Å². The Kier molecular flexibility index (Phi) is 3.31. The van der Waals surface area contributed by atoms with Gasteiger partial charge in [0, 0.05) is 16.9 Å². The first kappa shape index (κ1) is 13.9. The van der Waals surface area contributed by atoms with E-state index in [2.05, 4.69) is 5.32 Å². The zero-order valence-electron chi connectivity index (χ0n) is 11.3. The number of carboxylic acid groups (broad SMARTS) is 1. The maximum Gasteiger partial charge on any atom is 0.328 e. The number of hydrogen-bond acceptors (Lipinski definition) is 3. The van der Waals surface area contributed by atoms with E-state index in [-0.39, 0.29) is 11.3 Å². The summed E-state index contributed by atoms with van der Waals surface area (Å²) < 4.78 is 18.2. The Hall–Kier alpha value is -2.11. The third kappa shape index (κ3) is 2.24. The van der Waals surface area contributed by atoms with Gasteiger partial charge in [-0.3, -0.25) is 4.79 Å². The Morgan fingerprint density at radius 3 is 2.95 bits per heavy atom. The minimum Gasteiger partial charge on any atom is -0.493 e. The Morgan fingerprint density at radius 1 is 1.48 bits per heavy atom. The molecule has 6 heteroatoms. The van der Waals surface area contributed by atoms with Crippen molar-refractivity contribution in [3.05, 3.63) is 29.8 Å². The molecule has 1 aliphatic carbocycles. The predicted molar refractivity (Wildman–Crippen MR) is 71.9 cm³/mol. The highest BCUT2D eigenvalue weighted by Gasteiger charge is 2.61. The van der Waals surface area contributed by atoms with E-state index in [1.165, 1.54) is 0 Å². The third-order valence-electron chi connectivity index (χ3n) is 4.39. The van der Waals surface area contributed by atoms with Crippen LogP contribution in [0.4, 0.5) is 4.39 Å². The molecule has 0 saturated heterocycles. The van der Waals surface area contributed by atoms with Gasteiger partial charge in [-0.15, -0.1) is 0 Å². The maximum atomic E-state index is 12.6. The number of rotatable bonds is 4. The number of carbonyl (C=O) groups excluding carboxylic acids is 1. The molecule has 1 heterocycles. The van der Waals surface area contributed by atoms with Crippen molar-refractivity contribution in [2.75, 3.05) is 13.3 Å². The number of hydrogen-bond donors (Lipinski definition) is 2. The Balaban J connectivity index is 1.77. The fraction of sp³-hybridized carbons (Fsp3) is 0.467. The van der Waals surface area contributed by atoms with Gasteiger partial charge in [0.1, 0.15) is 12.4 Å². The van der Waals surface area contributed by atoms with Crippen LogP contribution in [-0.4, -0.2) is 36.3 Å². The van der Waals surface area contributed by atoms with E-state index in [9.17, 15) is 14.0 Å². The van der Waals surface area contributed by atoms with Crippen LogP contribution in [0.15, 0.2) is 24.3 Å². The number of amides is 1. The standard InChI is InChI=1S/C15H16FNO4/c16-8-11(14(19)20)17-13(18)10-7-15(10)5-6-21-12-4-2-1-3-9(12)15/h1-4,10-11H,5-8H2,(H,17,18)(H,19,20)/t10-,11?,15-/m0/s1. The number of benzene rings is 1. The van der Waals surface area contributed by atoms with Crippen molar-refractivity contribution in [3.63, 3.8) is 0 Å². The molecule has 1 fully saturated rings. The molecular formula is C15H16FNO4. The second-order valence-corrected chi connectivity index (χ2v) is 5.56. The number of halogens is 1. The summed E-state index contributed by atoms with van der Waals surface area (Å²) in [5.74, 6) is -1.28. The van der Waals surface area contributed by atoms with E-state index in [4.69, 9.17) is 9.84 Å². The topological polar surface area (TPSA) is 75.6 Å². The Labute approximate surface area is 121 Å². The van der Waals surface area contributed by atoms with Crippen molar-refractivity contribution in [3.8, 4) is 5.75 Å². The molecule has 1 aromatic carbocycles. The summed E-state index contributed by atoms with van der Waals surface area (Å²) in [6.45, 7) is -0.577. The van der Waals surface area contributed by atoms with Crippen molar-refractivity contribution in [2.24, 2.45) is 5.92 Å². The SMILES string of the molecule is O=C(O)C(CF)NC(=O)[C@@H]1C[C@]12CCOc1ccccc12. The molecule has 3 atom stereocenters. The summed E-state index contributed by atoms with van der Waals surface area (Å²) in [7, 11) is 0. The molecular weight excluding hydrogens is 277 g/mol. The number of aliphatic carboxylic acids is 1. The van der Waals surface area contributed by atoms with Crippen LogP contribution in [-0.2, 0) is 15.0 Å². The van der Waals surface area contributed by atoms with Gasteiger partial charge in [-0.2, -0.15) is 0 Å². The molecule has 1 aromatic rings. The fourth-order valence-electron chi connectivity index (χ4n) is 3.14. The average Bonchev–Trinajstić information content (AvgIpc) is 3.20. The van der Waals surface area contributed by atoms with E-state index in [0.29, 0.717) is 13.0 Å². The quantitative estimate of drug-likeness (QED) is 0.876. The molecule has 112 valence electrons. The molecule has 5 nitrogen and oxygen atoms in total. The zero-order valence-corrected chi connectivity index (χ0v) is 11.3. The first-order valence-electron chi connectivity index (χ1n) is 6.90. The third-order valence-corrected chi connectivity index (χ3v) is 4.39. The Bertz CT molecular complexity index is 591. The van der Waals surface area contributed by atoms with E-state index >= 15 is 0 Å². The van der Waals surface area contributed by atoms with Crippen LogP contribution in [0, 0.1) is 5.92 Å². The van der Waals surface area contributed by atoms with E-state index in [1.807, 2.05) is 24.3 Å². The minimum atomic E-state index is -1.47. The summed E-state index contributed by atoms with van der Waals surface area (Å²) in [6, 6.07) is 6.10. The normalized spacial score (nSPS) is 27.4. The monoisotopic (exact) mass is 293 g/mol. The van der Waals surface area contributed by atoms with E-state index in [0.717, 1.165) is 17.7 Å². The zero-order chi connectivity index (χ0) is 15.0. The van der Waals surface area contributed by atoms with Crippen molar-refractivity contribution in [2.45, 2.75) is 24.3 Å². The van der Waals surface area contributed by atoms with E-state index < -0.39 is 24.6 Å². The highest BCUT2D eigenvalue weighted by atomic mass is 19.1. The largest absolute Gasteiger partial charge is 0.493 e. The van der Waals surface area contributed by atoms with Crippen molar-refractivity contribution < 1.29 is 23.8 Å². The number of para-hydroxylation sites is 1. The number of nitrogens with one attached hydrogen (secondary N) is 1. The molecule has 1 unspecified atom stereocenters. The van der Waals surface area contributed by atoms with Crippen molar-refractivity contribution in [1.82, 2.24) is 5.32 Å². The number of ether oxygens (including phenoxy) is 1.